The maximum Gasteiger partial charge on any atom is 0.0808 e. The molecule has 0 radical (unpaired) electrons. The molecule has 4 N–H and O–H groups in total. The number of aromatic nitrogens is 2. The number of hydrogen-bond donors (Lipinski definition) is 3. The minimum absolute atomic E-state index is 0.558. The van der Waals surface area contributed by atoms with Crippen LogP contribution in [0.2, 0.25) is 0 Å². The maximum atomic E-state index is 5.75. The third kappa shape index (κ3) is 1.55. The molecule has 5 heteroatoms. The highest BCUT2D eigenvalue weighted by atomic mass is 15.3. The van der Waals surface area contributed by atoms with Gasteiger partial charge in [-0.1, -0.05) is 0 Å². The fourth-order valence-electron chi connectivity index (χ4n) is 2.77. The topological polar surface area (TPSA) is 67.9 Å². The van der Waals surface area contributed by atoms with Gasteiger partial charge in [0.1, 0.15) is 0 Å². The predicted molar refractivity (Wildman–Crippen MR) is 61.8 cm³/mol. The van der Waals surface area contributed by atoms with Crippen molar-refractivity contribution >= 4 is 0 Å². The van der Waals surface area contributed by atoms with E-state index < -0.39 is 0 Å². The zero-order valence-corrected chi connectivity index (χ0v) is 9.50. The first-order valence-corrected chi connectivity index (χ1v) is 6.11. The molecule has 0 spiro atoms. The summed E-state index contributed by atoms with van der Waals surface area (Å²) in [6.45, 7) is 4.65. The van der Waals surface area contributed by atoms with Crippen molar-refractivity contribution in [3.8, 4) is 0 Å². The molecule has 0 unspecified atom stereocenters. The Kier molecular flexibility index (Phi) is 2.67. The third-order valence-corrected chi connectivity index (χ3v) is 3.64. The summed E-state index contributed by atoms with van der Waals surface area (Å²) >= 11 is 0. The largest absolute Gasteiger partial charge is 0.325 e. The van der Waals surface area contributed by atoms with Gasteiger partial charge in [0.2, 0.25) is 0 Å². The van der Waals surface area contributed by atoms with Crippen LogP contribution in [0.3, 0.4) is 0 Å². The Morgan fingerprint density at radius 3 is 2.81 bits per heavy atom. The van der Waals surface area contributed by atoms with Crippen LogP contribution < -0.4 is 16.4 Å². The van der Waals surface area contributed by atoms with Gasteiger partial charge >= 0.3 is 0 Å². The molecule has 0 bridgehead atoms. The van der Waals surface area contributed by atoms with Crippen molar-refractivity contribution in [2.75, 3.05) is 13.1 Å². The van der Waals surface area contributed by atoms with Crippen LogP contribution in [0.1, 0.15) is 35.8 Å². The molecule has 1 saturated heterocycles. The Morgan fingerprint density at radius 1 is 1.25 bits per heavy atom. The number of piperidine rings is 1. The summed E-state index contributed by atoms with van der Waals surface area (Å²) in [4.78, 5) is 0. The molecule has 3 rings (SSSR count). The van der Waals surface area contributed by atoms with E-state index in [1.54, 1.807) is 0 Å². The van der Waals surface area contributed by atoms with Crippen LogP contribution in [0.25, 0.3) is 0 Å². The first-order chi connectivity index (χ1) is 7.90. The normalized spacial score (nSPS) is 21.3. The number of rotatable bonds is 2. The van der Waals surface area contributed by atoms with E-state index in [4.69, 9.17) is 10.8 Å². The predicted octanol–water partition coefficient (Wildman–Crippen LogP) is -0.130. The van der Waals surface area contributed by atoms with Gasteiger partial charge in [0.25, 0.3) is 0 Å². The van der Waals surface area contributed by atoms with Crippen molar-refractivity contribution in [1.82, 2.24) is 20.4 Å². The molecule has 1 aromatic heterocycles. The van der Waals surface area contributed by atoms with Gasteiger partial charge in [-0.15, -0.1) is 0 Å². The number of fused-ring (bicyclic) bond motifs is 1. The number of nitrogens with one attached hydrogen (secondary N) is 2. The lowest BCUT2D eigenvalue weighted by Crippen LogP contribution is -2.30. The summed E-state index contributed by atoms with van der Waals surface area (Å²) in [5.41, 5.74) is 9.55. The summed E-state index contributed by atoms with van der Waals surface area (Å²) in [6.07, 6.45) is 2.36. The second-order valence-corrected chi connectivity index (χ2v) is 4.61. The SMILES string of the molecule is NCc1nn(C2CCNCC2)c2c1CNC2. The van der Waals surface area contributed by atoms with Crippen molar-refractivity contribution in [3.63, 3.8) is 0 Å². The van der Waals surface area contributed by atoms with Gasteiger partial charge in [-0.05, 0) is 25.9 Å². The molecule has 2 aliphatic rings. The molecule has 0 aliphatic carbocycles. The van der Waals surface area contributed by atoms with Crippen molar-refractivity contribution in [2.45, 2.75) is 38.5 Å². The second-order valence-electron chi connectivity index (χ2n) is 4.61. The minimum atomic E-state index is 0.558. The third-order valence-electron chi connectivity index (χ3n) is 3.64. The smallest absolute Gasteiger partial charge is 0.0808 e. The molecule has 2 aliphatic heterocycles. The van der Waals surface area contributed by atoms with E-state index in [-0.39, 0.29) is 0 Å². The lowest BCUT2D eigenvalue weighted by atomic mass is 10.1. The summed E-state index contributed by atoms with van der Waals surface area (Å²) in [6, 6.07) is 0.565. The van der Waals surface area contributed by atoms with Gasteiger partial charge < -0.3 is 16.4 Å². The van der Waals surface area contributed by atoms with Crippen molar-refractivity contribution in [2.24, 2.45) is 5.73 Å². The van der Waals surface area contributed by atoms with Crippen LogP contribution >= 0.6 is 0 Å². The highest BCUT2D eigenvalue weighted by Gasteiger charge is 2.26. The average molecular weight is 221 g/mol. The van der Waals surface area contributed by atoms with Gasteiger partial charge in [-0.25, -0.2) is 0 Å². The Morgan fingerprint density at radius 2 is 2.06 bits per heavy atom. The van der Waals surface area contributed by atoms with Gasteiger partial charge in [-0.2, -0.15) is 5.10 Å². The van der Waals surface area contributed by atoms with E-state index in [0.717, 1.165) is 31.9 Å². The Bertz CT molecular complexity index is 378. The monoisotopic (exact) mass is 221 g/mol. The fourth-order valence-corrected chi connectivity index (χ4v) is 2.77. The summed E-state index contributed by atoms with van der Waals surface area (Å²) < 4.78 is 2.23. The summed E-state index contributed by atoms with van der Waals surface area (Å²) in [5.74, 6) is 0. The van der Waals surface area contributed by atoms with E-state index >= 15 is 0 Å². The van der Waals surface area contributed by atoms with Gasteiger partial charge in [0.05, 0.1) is 17.4 Å². The first-order valence-electron chi connectivity index (χ1n) is 6.11. The van der Waals surface area contributed by atoms with E-state index in [1.807, 2.05) is 0 Å². The zero-order valence-electron chi connectivity index (χ0n) is 9.50. The zero-order chi connectivity index (χ0) is 11.0. The van der Waals surface area contributed by atoms with Crippen LogP contribution in [0.15, 0.2) is 0 Å². The van der Waals surface area contributed by atoms with E-state index in [0.29, 0.717) is 12.6 Å². The van der Waals surface area contributed by atoms with Gasteiger partial charge in [0.15, 0.2) is 0 Å². The Hall–Kier alpha value is -0.910. The molecule has 0 aromatic carbocycles. The Balaban J connectivity index is 1.94. The average Bonchev–Trinajstić information content (AvgIpc) is 2.91. The van der Waals surface area contributed by atoms with Crippen LogP contribution in [-0.4, -0.2) is 22.9 Å². The lowest BCUT2D eigenvalue weighted by molar-refractivity contribution is 0.333. The number of hydrogen-bond acceptors (Lipinski definition) is 4. The quantitative estimate of drug-likeness (QED) is 0.651. The number of nitrogens with two attached hydrogens (primary N) is 1. The molecule has 0 amide bonds. The van der Waals surface area contributed by atoms with Gasteiger partial charge in [0, 0.05) is 25.2 Å². The lowest BCUT2D eigenvalue weighted by Gasteiger charge is -2.24. The molecule has 0 saturated carbocycles. The fraction of sp³-hybridized carbons (Fsp3) is 0.727. The van der Waals surface area contributed by atoms with E-state index in [2.05, 4.69) is 15.3 Å². The standard InChI is InChI=1S/C11H19N5/c12-5-10-9-6-14-7-11(9)16(15-10)8-1-3-13-4-2-8/h8,13-14H,1-7,12H2. The highest BCUT2D eigenvalue weighted by Crippen LogP contribution is 2.26. The summed E-state index contributed by atoms with van der Waals surface area (Å²) in [5, 5.41) is 11.5. The van der Waals surface area contributed by atoms with Crippen molar-refractivity contribution < 1.29 is 0 Å². The second kappa shape index (κ2) is 4.16. The molecule has 5 nitrogen and oxygen atoms in total. The molecule has 16 heavy (non-hydrogen) atoms. The van der Waals surface area contributed by atoms with E-state index in [1.165, 1.54) is 24.1 Å². The van der Waals surface area contributed by atoms with Crippen molar-refractivity contribution in [1.29, 1.82) is 0 Å². The van der Waals surface area contributed by atoms with Crippen LogP contribution in [0.4, 0.5) is 0 Å². The molecule has 0 atom stereocenters. The maximum absolute atomic E-state index is 5.75. The molecular formula is C11H19N5. The van der Waals surface area contributed by atoms with Gasteiger partial charge in [-0.3, -0.25) is 4.68 Å². The van der Waals surface area contributed by atoms with Crippen LogP contribution in [0, 0.1) is 0 Å². The molecular weight excluding hydrogens is 202 g/mol. The molecule has 88 valence electrons. The van der Waals surface area contributed by atoms with E-state index in [9.17, 15) is 0 Å². The minimum Gasteiger partial charge on any atom is -0.325 e. The number of nitrogens with zero attached hydrogens (tertiary/aromatic N) is 2. The highest BCUT2D eigenvalue weighted by molar-refractivity contribution is 5.30. The first kappa shape index (κ1) is 10.3. The summed E-state index contributed by atoms with van der Waals surface area (Å²) in [7, 11) is 0. The van der Waals surface area contributed by atoms with Crippen LogP contribution in [-0.2, 0) is 19.6 Å². The molecule has 3 heterocycles. The van der Waals surface area contributed by atoms with Crippen LogP contribution in [0.5, 0.6) is 0 Å². The molecule has 1 fully saturated rings. The Labute approximate surface area is 95.4 Å². The van der Waals surface area contributed by atoms with Crippen molar-refractivity contribution in [3.05, 3.63) is 17.0 Å². The molecule has 1 aromatic rings.